The van der Waals surface area contributed by atoms with E-state index < -0.39 is 0 Å². The van der Waals surface area contributed by atoms with Gasteiger partial charge in [-0.2, -0.15) is 0 Å². The SMILES string of the molecule is COCc1ccc(C(=O)N(C)CC(=O)Nc2c(Cl)cccc2Cl)cc1. The summed E-state index contributed by atoms with van der Waals surface area (Å²) in [6.45, 7) is 0.353. The fourth-order valence-electron chi connectivity index (χ4n) is 2.21. The number of anilines is 1. The molecule has 2 rings (SSSR count). The number of hydrogen-bond acceptors (Lipinski definition) is 3. The lowest BCUT2D eigenvalue weighted by Gasteiger charge is -2.17. The molecule has 0 atom stereocenters. The van der Waals surface area contributed by atoms with Crippen LogP contribution < -0.4 is 5.32 Å². The van der Waals surface area contributed by atoms with Crippen LogP contribution in [0, 0.1) is 0 Å². The van der Waals surface area contributed by atoms with Gasteiger partial charge in [0.2, 0.25) is 5.91 Å². The van der Waals surface area contributed by atoms with Crippen LogP contribution in [-0.4, -0.2) is 37.4 Å². The van der Waals surface area contributed by atoms with Crippen molar-refractivity contribution in [2.45, 2.75) is 6.61 Å². The number of carbonyl (C=O) groups excluding carboxylic acids is 2. The van der Waals surface area contributed by atoms with Crippen LogP contribution in [0.25, 0.3) is 0 Å². The number of halogens is 2. The van der Waals surface area contributed by atoms with Gasteiger partial charge in [-0.3, -0.25) is 9.59 Å². The van der Waals surface area contributed by atoms with Crippen LogP contribution in [-0.2, 0) is 16.1 Å². The van der Waals surface area contributed by atoms with Crippen molar-refractivity contribution >= 4 is 40.7 Å². The first-order valence-electron chi connectivity index (χ1n) is 7.49. The summed E-state index contributed by atoms with van der Waals surface area (Å²) in [4.78, 5) is 25.9. The quantitative estimate of drug-likeness (QED) is 0.827. The molecule has 0 radical (unpaired) electrons. The third-order valence-corrected chi connectivity index (χ3v) is 4.10. The van der Waals surface area contributed by atoms with Crippen molar-refractivity contribution in [2.75, 3.05) is 26.0 Å². The van der Waals surface area contributed by atoms with Crippen molar-refractivity contribution in [3.8, 4) is 0 Å². The molecule has 0 spiro atoms. The highest BCUT2D eigenvalue weighted by atomic mass is 35.5. The van der Waals surface area contributed by atoms with Crippen molar-refractivity contribution in [1.29, 1.82) is 0 Å². The summed E-state index contributed by atoms with van der Waals surface area (Å²) in [6.07, 6.45) is 0. The van der Waals surface area contributed by atoms with Crippen LogP contribution in [0.4, 0.5) is 5.69 Å². The van der Waals surface area contributed by atoms with Gasteiger partial charge in [-0.1, -0.05) is 41.4 Å². The molecule has 2 aromatic carbocycles. The molecule has 2 aromatic rings. The Morgan fingerprint density at radius 3 is 2.24 bits per heavy atom. The van der Waals surface area contributed by atoms with Crippen LogP contribution in [0.1, 0.15) is 15.9 Å². The van der Waals surface area contributed by atoms with Crippen molar-refractivity contribution < 1.29 is 14.3 Å². The van der Waals surface area contributed by atoms with E-state index in [4.69, 9.17) is 27.9 Å². The zero-order chi connectivity index (χ0) is 18.4. The van der Waals surface area contributed by atoms with Crippen LogP contribution >= 0.6 is 23.2 Å². The number of hydrogen-bond donors (Lipinski definition) is 1. The highest BCUT2D eigenvalue weighted by molar-refractivity contribution is 6.39. The molecule has 0 aliphatic rings. The minimum absolute atomic E-state index is 0.125. The molecule has 2 amide bonds. The maximum absolute atomic E-state index is 12.4. The minimum Gasteiger partial charge on any atom is -0.380 e. The van der Waals surface area contributed by atoms with Gasteiger partial charge >= 0.3 is 0 Å². The maximum Gasteiger partial charge on any atom is 0.254 e. The van der Waals surface area contributed by atoms with Crippen molar-refractivity contribution in [3.63, 3.8) is 0 Å². The molecule has 25 heavy (non-hydrogen) atoms. The predicted molar refractivity (Wildman–Crippen MR) is 99.2 cm³/mol. The Morgan fingerprint density at radius 1 is 1.08 bits per heavy atom. The highest BCUT2D eigenvalue weighted by Gasteiger charge is 2.16. The van der Waals surface area contributed by atoms with Gasteiger partial charge in [-0.15, -0.1) is 0 Å². The largest absolute Gasteiger partial charge is 0.380 e. The van der Waals surface area contributed by atoms with Gasteiger partial charge < -0.3 is 15.0 Å². The molecular weight excluding hydrogens is 363 g/mol. The third kappa shape index (κ3) is 5.19. The number of methoxy groups -OCH3 is 1. The molecule has 0 fully saturated rings. The Morgan fingerprint density at radius 2 is 1.68 bits per heavy atom. The van der Waals surface area contributed by atoms with Crippen molar-refractivity contribution in [1.82, 2.24) is 4.90 Å². The number of para-hydroxylation sites is 1. The Balaban J connectivity index is 1.99. The van der Waals surface area contributed by atoms with Gasteiger partial charge in [0, 0.05) is 19.7 Å². The van der Waals surface area contributed by atoms with E-state index in [0.29, 0.717) is 27.9 Å². The number of carbonyl (C=O) groups is 2. The minimum atomic E-state index is -0.387. The summed E-state index contributed by atoms with van der Waals surface area (Å²) < 4.78 is 5.03. The molecule has 5 nitrogen and oxygen atoms in total. The molecule has 7 heteroatoms. The predicted octanol–water partition coefficient (Wildman–Crippen LogP) is 3.85. The molecule has 0 unspecified atom stereocenters. The molecule has 0 aromatic heterocycles. The Bertz CT molecular complexity index is 743. The molecule has 0 heterocycles. The zero-order valence-corrected chi connectivity index (χ0v) is 15.4. The number of rotatable bonds is 6. The topological polar surface area (TPSA) is 58.6 Å². The van der Waals surface area contributed by atoms with E-state index in [-0.39, 0.29) is 18.4 Å². The summed E-state index contributed by atoms with van der Waals surface area (Å²) >= 11 is 12.0. The lowest BCUT2D eigenvalue weighted by Crippen LogP contribution is -2.35. The smallest absolute Gasteiger partial charge is 0.254 e. The van der Waals surface area contributed by atoms with Crippen molar-refractivity contribution in [3.05, 3.63) is 63.6 Å². The van der Waals surface area contributed by atoms with E-state index in [0.717, 1.165) is 5.56 Å². The summed E-state index contributed by atoms with van der Waals surface area (Å²) in [5.74, 6) is -0.647. The maximum atomic E-state index is 12.4. The zero-order valence-electron chi connectivity index (χ0n) is 13.9. The van der Waals surface area contributed by atoms with E-state index in [1.165, 1.54) is 4.90 Å². The molecule has 0 aliphatic carbocycles. The summed E-state index contributed by atoms with van der Waals surface area (Å²) in [6, 6.07) is 12.0. The lowest BCUT2D eigenvalue weighted by molar-refractivity contribution is -0.116. The van der Waals surface area contributed by atoms with E-state index in [1.54, 1.807) is 44.5 Å². The van der Waals surface area contributed by atoms with Crippen LogP contribution in [0.2, 0.25) is 10.0 Å². The normalized spacial score (nSPS) is 10.4. The first-order chi connectivity index (χ1) is 11.9. The van der Waals surface area contributed by atoms with Crippen molar-refractivity contribution in [2.24, 2.45) is 0 Å². The van der Waals surface area contributed by atoms with Gasteiger partial charge in [-0.25, -0.2) is 0 Å². The van der Waals surface area contributed by atoms with Crippen LogP contribution in [0.15, 0.2) is 42.5 Å². The number of amides is 2. The Hall–Kier alpha value is -2.08. The fraction of sp³-hybridized carbons (Fsp3) is 0.222. The second kappa shape index (κ2) is 8.85. The second-order valence-electron chi connectivity index (χ2n) is 5.44. The molecule has 0 saturated heterocycles. The van der Waals surface area contributed by atoms with Gasteiger partial charge in [0.25, 0.3) is 5.91 Å². The van der Waals surface area contributed by atoms with Crippen LogP contribution in [0.3, 0.4) is 0 Å². The number of nitrogens with one attached hydrogen (secondary N) is 1. The average Bonchev–Trinajstić information content (AvgIpc) is 2.58. The van der Waals surface area contributed by atoms with Gasteiger partial charge in [0.15, 0.2) is 0 Å². The molecule has 1 N–H and O–H groups in total. The molecular formula is C18H18Cl2N2O3. The summed E-state index contributed by atoms with van der Waals surface area (Å²) in [7, 11) is 3.16. The number of benzene rings is 2. The van der Waals surface area contributed by atoms with Gasteiger partial charge in [0.05, 0.1) is 28.9 Å². The van der Waals surface area contributed by atoms with Gasteiger partial charge in [0.1, 0.15) is 0 Å². The standard InChI is InChI=1S/C18H18Cl2N2O3/c1-22(18(24)13-8-6-12(7-9-13)11-25-2)10-16(23)21-17-14(19)4-3-5-15(17)20/h3-9H,10-11H2,1-2H3,(H,21,23). The van der Waals surface area contributed by atoms with E-state index in [1.807, 2.05) is 12.1 Å². The monoisotopic (exact) mass is 380 g/mol. The first-order valence-corrected chi connectivity index (χ1v) is 8.25. The van der Waals surface area contributed by atoms with E-state index >= 15 is 0 Å². The van der Waals surface area contributed by atoms with E-state index in [2.05, 4.69) is 5.32 Å². The van der Waals surface area contributed by atoms with Gasteiger partial charge in [-0.05, 0) is 29.8 Å². The first kappa shape index (κ1) is 19.2. The summed E-state index contributed by atoms with van der Waals surface area (Å²) in [5, 5.41) is 3.30. The van der Waals surface area contributed by atoms with E-state index in [9.17, 15) is 9.59 Å². The van der Waals surface area contributed by atoms with Crippen LogP contribution in [0.5, 0.6) is 0 Å². The average molecular weight is 381 g/mol. The number of ether oxygens (including phenoxy) is 1. The third-order valence-electron chi connectivity index (χ3n) is 3.47. The molecule has 0 saturated carbocycles. The Labute approximate surface area is 156 Å². The lowest BCUT2D eigenvalue weighted by atomic mass is 10.1. The number of nitrogens with zero attached hydrogens (tertiary/aromatic N) is 1. The summed E-state index contributed by atoms with van der Waals surface area (Å²) in [5.41, 5.74) is 1.79. The molecule has 0 bridgehead atoms. The number of likely N-dealkylation sites (N-methyl/N-ethyl adjacent to an activating group) is 1. The Kier molecular flexibility index (Phi) is 6.82. The molecule has 0 aliphatic heterocycles. The fourth-order valence-corrected chi connectivity index (χ4v) is 2.71. The second-order valence-corrected chi connectivity index (χ2v) is 6.25. The highest BCUT2D eigenvalue weighted by Crippen LogP contribution is 2.29. The molecule has 132 valence electrons.